The van der Waals surface area contributed by atoms with E-state index in [9.17, 15) is 5.11 Å². The van der Waals surface area contributed by atoms with Gasteiger partial charge in [-0.05, 0) is 31.0 Å². The first-order chi connectivity index (χ1) is 12.6. The molecule has 1 aliphatic heterocycles. The maximum Gasteiger partial charge on any atom is 0.231 e. The summed E-state index contributed by atoms with van der Waals surface area (Å²) in [6, 6.07) is 13.6. The van der Waals surface area contributed by atoms with Crippen LogP contribution in [0.3, 0.4) is 0 Å². The molecule has 134 valence electrons. The van der Waals surface area contributed by atoms with Crippen molar-refractivity contribution in [2.75, 3.05) is 18.6 Å². The molecule has 26 heavy (non-hydrogen) atoms. The van der Waals surface area contributed by atoms with Gasteiger partial charge >= 0.3 is 0 Å². The number of hydrogen-bond acceptors (Lipinski definition) is 5. The van der Waals surface area contributed by atoms with E-state index in [-0.39, 0.29) is 5.75 Å². The highest BCUT2D eigenvalue weighted by molar-refractivity contribution is 5.66. The molecular formula is C20H22N4O2. The summed E-state index contributed by atoms with van der Waals surface area (Å²) >= 11 is 0. The van der Waals surface area contributed by atoms with Gasteiger partial charge in [0.15, 0.2) is 5.82 Å². The zero-order valence-corrected chi connectivity index (χ0v) is 15.2. The number of nitrogens with zero attached hydrogens (tertiary/aromatic N) is 4. The third-order valence-electron chi connectivity index (χ3n) is 4.95. The molecule has 4 rings (SSSR count). The molecule has 0 aliphatic carbocycles. The number of benzene rings is 2. The van der Waals surface area contributed by atoms with Gasteiger partial charge in [-0.25, -0.2) is 0 Å². The van der Waals surface area contributed by atoms with Gasteiger partial charge in [0.25, 0.3) is 0 Å². The Balaban J connectivity index is 1.73. The maximum atomic E-state index is 10.2. The molecule has 1 unspecified atom stereocenters. The molecule has 0 saturated carbocycles. The smallest absolute Gasteiger partial charge is 0.231 e. The molecule has 6 nitrogen and oxygen atoms in total. The van der Waals surface area contributed by atoms with Gasteiger partial charge in [-0.1, -0.05) is 35.9 Å². The maximum absolute atomic E-state index is 10.2. The Morgan fingerprint density at radius 2 is 1.96 bits per heavy atom. The summed E-state index contributed by atoms with van der Waals surface area (Å²) in [5.41, 5.74) is 4.45. The number of fused-ring (bicyclic) bond motifs is 1. The van der Waals surface area contributed by atoms with E-state index in [1.54, 1.807) is 19.2 Å². The summed E-state index contributed by atoms with van der Waals surface area (Å²) in [5.74, 6) is 1.62. The van der Waals surface area contributed by atoms with Crippen LogP contribution in [0.5, 0.6) is 5.75 Å². The lowest BCUT2D eigenvalue weighted by Gasteiger charge is -2.20. The fraction of sp³-hybridized carbons (Fsp3) is 0.300. The molecule has 1 aromatic heterocycles. The largest absolute Gasteiger partial charge is 0.508 e. The Labute approximate surface area is 152 Å². The first-order valence-electron chi connectivity index (χ1n) is 8.67. The van der Waals surface area contributed by atoms with Crippen molar-refractivity contribution in [2.45, 2.75) is 19.4 Å². The van der Waals surface area contributed by atoms with Gasteiger partial charge in [0, 0.05) is 32.0 Å². The Kier molecular flexibility index (Phi) is 4.12. The van der Waals surface area contributed by atoms with Crippen molar-refractivity contribution < 1.29 is 9.84 Å². The second-order valence-electron chi connectivity index (χ2n) is 6.63. The molecule has 0 amide bonds. The van der Waals surface area contributed by atoms with Gasteiger partial charge in [0.2, 0.25) is 5.95 Å². The lowest BCUT2D eigenvalue weighted by atomic mass is 10.1. The van der Waals surface area contributed by atoms with Crippen LogP contribution in [-0.4, -0.2) is 33.5 Å². The Morgan fingerprint density at radius 1 is 1.15 bits per heavy atom. The van der Waals surface area contributed by atoms with E-state index in [2.05, 4.69) is 40.2 Å². The van der Waals surface area contributed by atoms with Crippen molar-refractivity contribution in [3.8, 4) is 5.75 Å². The predicted molar refractivity (Wildman–Crippen MR) is 99.9 cm³/mol. The second kappa shape index (κ2) is 6.46. The number of aryl methyl sites for hydroxylation is 1. The van der Waals surface area contributed by atoms with Crippen LogP contribution in [0.4, 0.5) is 11.6 Å². The highest BCUT2D eigenvalue weighted by Crippen LogP contribution is 2.36. The molecule has 0 fully saturated rings. The lowest BCUT2D eigenvalue weighted by Crippen LogP contribution is -2.19. The zero-order chi connectivity index (χ0) is 18.3. The number of phenols is 1. The van der Waals surface area contributed by atoms with Crippen molar-refractivity contribution in [3.63, 3.8) is 0 Å². The van der Waals surface area contributed by atoms with Gasteiger partial charge in [-0.15, -0.1) is 10.2 Å². The molecule has 1 atom stereocenters. The van der Waals surface area contributed by atoms with Crippen LogP contribution in [0.1, 0.15) is 28.6 Å². The molecule has 0 radical (unpaired) electrons. The molecule has 0 saturated heterocycles. The average molecular weight is 350 g/mol. The SMILES string of the molecule is COC(c1ccccc1O)c1nnc(N2CCc3cc(C)ccc32)n1C. The molecule has 0 bridgehead atoms. The van der Waals surface area contributed by atoms with Crippen LogP contribution in [-0.2, 0) is 18.2 Å². The molecule has 3 aromatic rings. The number of aromatic hydroxyl groups is 1. The molecular weight excluding hydrogens is 328 g/mol. The normalized spacial score (nSPS) is 14.5. The molecule has 1 aliphatic rings. The van der Waals surface area contributed by atoms with Crippen LogP contribution in [0.15, 0.2) is 42.5 Å². The van der Waals surface area contributed by atoms with Crippen LogP contribution >= 0.6 is 0 Å². The highest BCUT2D eigenvalue weighted by atomic mass is 16.5. The number of anilines is 2. The van der Waals surface area contributed by atoms with Crippen molar-refractivity contribution >= 4 is 11.6 Å². The van der Waals surface area contributed by atoms with E-state index in [1.807, 2.05) is 23.7 Å². The predicted octanol–water partition coefficient (Wildman–Crippen LogP) is 3.26. The summed E-state index contributed by atoms with van der Waals surface area (Å²) in [7, 11) is 3.54. The van der Waals surface area contributed by atoms with Crippen molar-refractivity contribution in [1.82, 2.24) is 14.8 Å². The topological polar surface area (TPSA) is 63.4 Å². The Bertz CT molecular complexity index is 951. The van der Waals surface area contributed by atoms with Crippen molar-refractivity contribution in [2.24, 2.45) is 7.05 Å². The standard InChI is InChI=1S/C20H22N4O2/c1-13-8-9-16-14(12-13)10-11-24(16)20-22-21-19(23(20)2)18(26-3)15-6-4-5-7-17(15)25/h4-9,12,18,25H,10-11H2,1-3H3. The average Bonchev–Trinajstić information content (AvgIpc) is 3.20. The molecule has 2 aromatic carbocycles. The minimum absolute atomic E-state index is 0.186. The second-order valence-corrected chi connectivity index (χ2v) is 6.63. The number of phenolic OH excluding ortho intramolecular Hbond substituents is 1. The van der Waals surface area contributed by atoms with E-state index in [0.29, 0.717) is 11.4 Å². The Morgan fingerprint density at radius 3 is 2.73 bits per heavy atom. The summed E-state index contributed by atoms with van der Waals surface area (Å²) in [4.78, 5) is 2.18. The van der Waals surface area contributed by atoms with Gasteiger partial charge in [-0.2, -0.15) is 0 Å². The summed E-state index contributed by atoms with van der Waals surface area (Å²) < 4.78 is 7.58. The van der Waals surface area contributed by atoms with Crippen molar-refractivity contribution in [1.29, 1.82) is 0 Å². The summed E-state index contributed by atoms with van der Waals surface area (Å²) in [5, 5.41) is 19.0. The molecule has 1 N–H and O–H groups in total. The minimum Gasteiger partial charge on any atom is -0.508 e. The zero-order valence-electron chi connectivity index (χ0n) is 15.2. The third kappa shape index (κ3) is 2.63. The van der Waals surface area contributed by atoms with Crippen molar-refractivity contribution in [3.05, 3.63) is 65.0 Å². The monoisotopic (exact) mass is 350 g/mol. The third-order valence-corrected chi connectivity index (χ3v) is 4.95. The van der Waals surface area contributed by atoms with Crippen LogP contribution in [0.2, 0.25) is 0 Å². The molecule has 2 heterocycles. The Hall–Kier alpha value is -2.86. The highest BCUT2D eigenvalue weighted by Gasteiger charge is 2.28. The summed E-state index contributed by atoms with van der Waals surface area (Å²) in [6.07, 6.45) is 0.509. The van der Waals surface area contributed by atoms with E-state index in [0.717, 1.165) is 18.9 Å². The fourth-order valence-electron chi connectivity index (χ4n) is 3.61. The minimum atomic E-state index is -0.484. The van der Waals surface area contributed by atoms with E-state index >= 15 is 0 Å². The number of para-hydroxylation sites is 1. The first-order valence-corrected chi connectivity index (χ1v) is 8.67. The lowest BCUT2D eigenvalue weighted by molar-refractivity contribution is 0.124. The van der Waals surface area contributed by atoms with Crippen LogP contribution in [0, 0.1) is 6.92 Å². The number of hydrogen-bond donors (Lipinski definition) is 1. The number of rotatable bonds is 4. The van der Waals surface area contributed by atoms with E-state index < -0.39 is 6.10 Å². The number of ether oxygens (including phenoxy) is 1. The van der Waals surface area contributed by atoms with Gasteiger partial charge in [0.05, 0.1) is 0 Å². The van der Waals surface area contributed by atoms with Gasteiger partial charge in [-0.3, -0.25) is 4.57 Å². The number of methoxy groups -OCH3 is 1. The molecule has 0 spiro atoms. The van der Waals surface area contributed by atoms with Gasteiger partial charge < -0.3 is 14.7 Å². The number of aromatic nitrogens is 3. The van der Waals surface area contributed by atoms with Gasteiger partial charge in [0.1, 0.15) is 11.9 Å². The molecule has 6 heteroatoms. The first kappa shape index (κ1) is 16.6. The fourth-order valence-corrected chi connectivity index (χ4v) is 3.61. The van der Waals surface area contributed by atoms with Crippen LogP contribution in [0.25, 0.3) is 0 Å². The summed E-state index contributed by atoms with van der Waals surface area (Å²) in [6.45, 7) is 2.98. The van der Waals surface area contributed by atoms with E-state index in [1.165, 1.54) is 16.8 Å². The quantitative estimate of drug-likeness (QED) is 0.782. The van der Waals surface area contributed by atoms with Crippen LogP contribution < -0.4 is 4.90 Å². The van der Waals surface area contributed by atoms with E-state index in [4.69, 9.17) is 4.74 Å².